The van der Waals surface area contributed by atoms with Crippen LogP contribution in [-0.4, -0.2) is 26.6 Å². The molecule has 0 aliphatic carbocycles. The fourth-order valence-electron chi connectivity index (χ4n) is 3.90. The highest BCUT2D eigenvalue weighted by Crippen LogP contribution is 2.29. The zero-order valence-corrected chi connectivity index (χ0v) is 16.9. The number of fused-ring (bicyclic) bond motifs is 1. The van der Waals surface area contributed by atoms with Gasteiger partial charge in [-0.2, -0.15) is 0 Å². The molecule has 1 aliphatic heterocycles. The van der Waals surface area contributed by atoms with Crippen LogP contribution in [0.15, 0.2) is 65.3 Å². The Bertz CT molecular complexity index is 1170. The molecule has 0 saturated heterocycles. The summed E-state index contributed by atoms with van der Waals surface area (Å²) in [6, 6.07) is 17.8. The van der Waals surface area contributed by atoms with Gasteiger partial charge >= 0.3 is 0 Å². The summed E-state index contributed by atoms with van der Waals surface area (Å²) in [6.45, 7) is 4.55. The number of anilines is 1. The van der Waals surface area contributed by atoms with Gasteiger partial charge in [0.25, 0.3) is 0 Å². The quantitative estimate of drug-likeness (QED) is 0.519. The molecule has 0 spiro atoms. The van der Waals surface area contributed by atoms with Gasteiger partial charge in [-0.15, -0.1) is 0 Å². The smallest absolute Gasteiger partial charge is 0.171 e. The van der Waals surface area contributed by atoms with E-state index in [2.05, 4.69) is 27.2 Å². The highest BCUT2D eigenvalue weighted by atomic mass is 16.5. The lowest BCUT2D eigenvalue weighted by atomic mass is 10.0. The van der Waals surface area contributed by atoms with Crippen molar-refractivity contribution in [3.8, 4) is 22.7 Å². The second-order valence-electron chi connectivity index (χ2n) is 7.69. The Labute approximate surface area is 175 Å². The molecule has 2 aromatic carbocycles. The summed E-state index contributed by atoms with van der Waals surface area (Å²) in [5.74, 6) is 1.61. The van der Waals surface area contributed by atoms with Crippen LogP contribution in [0.3, 0.4) is 0 Å². The fraction of sp³-hybridized carbons (Fsp3) is 0.208. The minimum absolute atomic E-state index is 0.742. The molecule has 2 aromatic heterocycles. The number of nitrogens with zero attached hydrogens (tertiary/aromatic N) is 4. The summed E-state index contributed by atoms with van der Waals surface area (Å²) in [5.41, 5.74) is 13.0. The lowest BCUT2D eigenvalue weighted by Gasteiger charge is -2.28. The predicted molar refractivity (Wildman–Crippen MR) is 116 cm³/mol. The molecule has 3 heterocycles. The molecule has 0 bridgehead atoms. The molecular weight excluding hydrogens is 374 g/mol. The van der Waals surface area contributed by atoms with Crippen LogP contribution in [0.25, 0.3) is 22.7 Å². The van der Waals surface area contributed by atoms with Gasteiger partial charge in [-0.05, 0) is 31.2 Å². The summed E-state index contributed by atoms with van der Waals surface area (Å²) in [4.78, 5) is 11.8. The lowest BCUT2D eigenvalue weighted by molar-refractivity contribution is 0.242. The van der Waals surface area contributed by atoms with Gasteiger partial charge in [0.2, 0.25) is 0 Å². The van der Waals surface area contributed by atoms with Crippen LogP contribution < -0.4 is 5.73 Å². The van der Waals surface area contributed by atoms with Gasteiger partial charge in [0.1, 0.15) is 0 Å². The highest BCUT2D eigenvalue weighted by molar-refractivity contribution is 5.62. The number of rotatable bonds is 4. The van der Waals surface area contributed by atoms with E-state index in [1.54, 1.807) is 0 Å². The van der Waals surface area contributed by atoms with E-state index in [4.69, 9.17) is 15.2 Å². The molecule has 2 N–H and O–H groups in total. The van der Waals surface area contributed by atoms with Crippen LogP contribution in [0.5, 0.6) is 0 Å². The fourth-order valence-corrected chi connectivity index (χ4v) is 3.90. The molecule has 0 saturated carbocycles. The zero-order chi connectivity index (χ0) is 20.5. The van der Waals surface area contributed by atoms with E-state index in [0.29, 0.717) is 0 Å². The van der Waals surface area contributed by atoms with Gasteiger partial charge in [-0.3, -0.25) is 4.90 Å². The van der Waals surface area contributed by atoms with E-state index >= 15 is 0 Å². The van der Waals surface area contributed by atoms with Crippen LogP contribution >= 0.6 is 0 Å². The Morgan fingerprint density at radius 3 is 2.63 bits per heavy atom. The number of benzene rings is 2. The third-order valence-corrected chi connectivity index (χ3v) is 5.58. The van der Waals surface area contributed by atoms with Crippen molar-refractivity contribution in [3.05, 3.63) is 83.3 Å². The van der Waals surface area contributed by atoms with Crippen molar-refractivity contribution in [2.45, 2.75) is 26.4 Å². The molecule has 5 rings (SSSR count). The molecule has 6 nitrogen and oxygen atoms in total. The molecule has 0 unspecified atom stereocenters. The SMILES string of the molecule is Cc1noc(-c2ccccc2)c1CN1CCc2nc(-c3ccc(N)cc3)ncc2C1. The normalized spacial score (nSPS) is 13.9. The highest BCUT2D eigenvalue weighted by Gasteiger charge is 2.23. The molecule has 0 atom stereocenters. The van der Waals surface area contributed by atoms with Crippen LogP contribution in [-0.2, 0) is 19.5 Å². The van der Waals surface area contributed by atoms with Crippen molar-refractivity contribution in [2.24, 2.45) is 0 Å². The average molecular weight is 397 g/mol. The Kier molecular flexibility index (Phi) is 4.77. The van der Waals surface area contributed by atoms with Crippen molar-refractivity contribution >= 4 is 5.69 Å². The number of hydrogen-bond acceptors (Lipinski definition) is 6. The summed E-state index contributed by atoms with van der Waals surface area (Å²) in [7, 11) is 0. The second kappa shape index (κ2) is 7.72. The molecule has 0 fully saturated rings. The Morgan fingerprint density at radius 1 is 1.03 bits per heavy atom. The second-order valence-corrected chi connectivity index (χ2v) is 7.69. The lowest BCUT2D eigenvalue weighted by Crippen LogP contribution is -2.31. The standard InChI is InChI=1S/C24H23N5O/c1-16-21(23(30-28-16)17-5-3-2-4-6-17)15-29-12-11-22-19(14-29)13-26-24(27-22)18-7-9-20(25)10-8-18/h2-10,13H,11-12,14-15,25H2,1H3. The molecular formula is C24H23N5O. The Balaban J connectivity index is 1.36. The number of nitrogen functional groups attached to an aromatic ring is 1. The van der Waals surface area contributed by atoms with E-state index in [-0.39, 0.29) is 0 Å². The molecule has 6 heteroatoms. The summed E-state index contributed by atoms with van der Waals surface area (Å²) < 4.78 is 5.66. The molecule has 1 aliphatic rings. The first-order valence-electron chi connectivity index (χ1n) is 10.1. The molecule has 150 valence electrons. The summed E-state index contributed by atoms with van der Waals surface area (Å²) in [6.07, 6.45) is 2.85. The predicted octanol–water partition coefficient (Wildman–Crippen LogP) is 4.25. The first kappa shape index (κ1) is 18.5. The van der Waals surface area contributed by atoms with Gasteiger partial charge in [0.05, 0.1) is 11.4 Å². The van der Waals surface area contributed by atoms with Crippen molar-refractivity contribution in [1.29, 1.82) is 0 Å². The third-order valence-electron chi connectivity index (χ3n) is 5.58. The zero-order valence-electron chi connectivity index (χ0n) is 16.9. The minimum atomic E-state index is 0.742. The maximum Gasteiger partial charge on any atom is 0.171 e. The summed E-state index contributed by atoms with van der Waals surface area (Å²) in [5, 5.41) is 4.22. The van der Waals surface area contributed by atoms with Gasteiger partial charge < -0.3 is 10.3 Å². The number of hydrogen-bond donors (Lipinski definition) is 1. The van der Waals surface area contributed by atoms with Crippen molar-refractivity contribution in [3.63, 3.8) is 0 Å². The summed E-state index contributed by atoms with van der Waals surface area (Å²) >= 11 is 0. The van der Waals surface area contributed by atoms with Crippen LogP contribution in [0.2, 0.25) is 0 Å². The molecule has 0 amide bonds. The van der Waals surface area contributed by atoms with Gasteiger partial charge in [0, 0.05) is 60.2 Å². The van der Waals surface area contributed by atoms with Crippen molar-refractivity contribution in [1.82, 2.24) is 20.0 Å². The first-order valence-corrected chi connectivity index (χ1v) is 10.1. The maximum absolute atomic E-state index is 5.79. The first-order chi connectivity index (χ1) is 14.7. The van der Waals surface area contributed by atoms with Gasteiger partial charge in [0.15, 0.2) is 11.6 Å². The number of aromatic nitrogens is 3. The van der Waals surface area contributed by atoms with Crippen molar-refractivity contribution in [2.75, 3.05) is 12.3 Å². The maximum atomic E-state index is 5.79. The van der Waals surface area contributed by atoms with E-state index in [1.807, 2.05) is 55.6 Å². The molecule has 30 heavy (non-hydrogen) atoms. The topological polar surface area (TPSA) is 81.1 Å². The number of aryl methyl sites for hydroxylation is 1. The van der Waals surface area contributed by atoms with Crippen LogP contribution in [0, 0.1) is 6.92 Å². The van der Waals surface area contributed by atoms with Crippen LogP contribution in [0.1, 0.15) is 22.5 Å². The largest absolute Gasteiger partial charge is 0.399 e. The average Bonchev–Trinajstić information content (AvgIpc) is 3.14. The molecule has 0 radical (unpaired) electrons. The van der Waals surface area contributed by atoms with Gasteiger partial charge in [-0.25, -0.2) is 9.97 Å². The third kappa shape index (κ3) is 3.57. The van der Waals surface area contributed by atoms with E-state index in [9.17, 15) is 0 Å². The van der Waals surface area contributed by atoms with E-state index < -0.39 is 0 Å². The monoisotopic (exact) mass is 397 g/mol. The molecule has 4 aromatic rings. The minimum Gasteiger partial charge on any atom is -0.399 e. The van der Waals surface area contributed by atoms with Crippen molar-refractivity contribution < 1.29 is 4.52 Å². The van der Waals surface area contributed by atoms with E-state index in [1.165, 1.54) is 5.56 Å². The Morgan fingerprint density at radius 2 is 1.83 bits per heavy atom. The Hall–Kier alpha value is -3.51. The van der Waals surface area contributed by atoms with Gasteiger partial charge in [-0.1, -0.05) is 35.5 Å². The van der Waals surface area contributed by atoms with E-state index in [0.717, 1.165) is 71.4 Å². The number of nitrogens with two attached hydrogens (primary N) is 1. The van der Waals surface area contributed by atoms with Crippen LogP contribution in [0.4, 0.5) is 5.69 Å².